The van der Waals surface area contributed by atoms with Gasteiger partial charge >= 0.3 is 6.18 Å². The number of amides is 1. The Hall–Kier alpha value is -3.14. The molecule has 3 rings (SSSR count). The quantitative estimate of drug-likeness (QED) is 0.654. The van der Waals surface area contributed by atoms with Crippen molar-refractivity contribution in [2.75, 3.05) is 25.0 Å². The average Bonchev–Trinajstić information content (AvgIpc) is 2.77. The number of benzene rings is 2. The topological polar surface area (TPSA) is 109 Å². The third kappa shape index (κ3) is 6.25. The zero-order valence-corrected chi connectivity index (χ0v) is 19.1. The van der Waals surface area contributed by atoms with E-state index in [1.165, 1.54) is 40.7 Å². The molecule has 2 atom stereocenters. The SMILES string of the molecule is CC1CN(S(=O)(=O)c2cccc(C(=O)Nc3ccc(OCC(F)(F)F)c(C#N)c3)c2)CC(C)O1. The standard InChI is InChI=1S/C22H22F3N3O5S/c1-14-11-28(12-15(2)33-14)34(30,31)19-5-3-4-16(9-19)21(29)27-18-6-7-20(17(8-18)10-26)32-13-22(23,24)25/h3-9,14-15H,11-13H2,1-2H3,(H,27,29). The first-order chi connectivity index (χ1) is 15.9. The number of sulfonamides is 1. The van der Waals surface area contributed by atoms with Gasteiger partial charge in [-0.3, -0.25) is 4.79 Å². The first kappa shape index (κ1) is 25.5. The number of halogens is 3. The zero-order valence-electron chi connectivity index (χ0n) is 18.3. The van der Waals surface area contributed by atoms with E-state index in [0.29, 0.717) is 0 Å². The Morgan fingerprint density at radius 3 is 2.50 bits per heavy atom. The lowest BCUT2D eigenvalue weighted by atomic mass is 10.1. The number of rotatable bonds is 6. The minimum absolute atomic E-state index is 0.0475. The van der Waals surface area contributed by atoms with Crippen LogP contribution < -0.4 is 10.1 Å². The van der Waals surface area contributed by atoms with Crippen LogP contribution in [0.3, 0.4) is 0 Å². The van der Waals surface area contributed by atoms with Gasteiger partial charge in [-0.2, -0.15) is 22.7 Å². The minimum Gasteiger partial charge on any atom is -0.483 e. The molecule has 0 saturated carbocycles. The van der Waals surface area contributed by atoms with Crippen molar-refractivity contribution >= 4 is 21.6 Å². The highest BCUT2D eigenvalue weighted by Crippen LogP contribution is 2.26. The third-order valence-corrected chi connectivity index (χ3v) is 6.70. The van der Waals surface area contributed by atoms with Crippen molar-refractivity contribution in [1.29, 1.82) is 5.26 Å². The molecular weight excluding hydrogens is 475 g/mol. The van der Waals surface area contributed by atoms with Crippen molar-refractivity contribution in [3.05, 3.63) is 53.6 Å². The van der Waals surface area contributed by atoms with E-state index >= 15 is 0 Å². The second-order valence-corrected chi connectivity index (χ2v) is 9.73. The number of carbonyl (C=O) groups is 1. The molecule has 8 nitrogen and oxygen atoms in total. The summed E-state index contributed by atoms with van der Waals surface area (Å²) in [5.74, 6) is -0.937. The van der Waals surface area contributed by atoms with E-state index in [4.69, 9.17) is 4.74 Å². The van der Waals surface area contributed by atoms with Gasteiger partial charge in [-0.15, -0.1) is 0 Å². The summed E-state index contributed by atoms with van der Waals surface area (Å²) in [6.07, 6.45) is -5.12. The van der Waals surface area contributed by atoms with Crippen molar-refractivity contribution in [2.45, 2.75) is 37.1 Å². The molecule has 0 spiro atoms. The van der Waals surface area contributed by atoms with E-state index in [1.807, 2.05) is 0 Å². The van der Waals surface area contributed by atoms with E-state index in [1.54, 1.807) is 19.9 Å². The fraction of sp³-hybridized carbons (Fsp3) is 0.364. The molecule has 1 aliphatic rings. The predicted octanol–water partition coefficient (Wildman–Crippen LogP) is 3.55. The molecule has 1 aliphatic heterocycles. The van der Waals surface area contributed by atoms with Crippen molar-refractivity contribution in [3.8, 4) is 11.8 Å². The maximum Gasteiger partial charge on any atom is 0.422 e. The highest BCUT2D eigenvalue weighted by molar-refractivity contribution is 7.89. The minimum atomic E-state index is -4.57. The highest BCUT2D eigenvalue weighted by atomic mass is 32.2. The van der Waals surface area contributed by atoms with Crippen molar-refractivity contribution < 1.29 is 35.9 Å². The molecule has 0 aliphatic carbocycles. The maximum atomic E-state index is 13.1. The summed E-state index contributed by atoms with van der Waals surface area (Å²) in [6, 6.07) is 10.8. The first-order valence-electron chi connectivity index (χ1n) is 10.2. The van der Waals surface area contributed by atoms with Crippen molar-refractivity contribution in [2.24, 2.45) is 0 Å². The second kappa shape index (κ2) is 10.0. The fourth-order valence-corrected chi connectivity index (χ4v) is 5.09. The van der Waals surface area contributed by atoms with E-state index < -0.39 is 28.7 Å². The van der Waals surface area contributed by atoms with Crippen LogP contribution in [-0.2, 0) is 14.8 Å². The van der Waals surface area contributed by atoms with Crippen LogP contribution in [0.5, 0.6) is 5.75 Å². The number of nitrogens with one attached hydrogen (secondary N) is 1. The van der Waals surface area contributed by atoms with Gasteiger partial charge in [0.1, 0.15) is 11.8 Å². The van der Waals surface area contributed by atoms with Gasteiger partial charge in [-0.1, -0.05) is 6.07 Å². The molecule has 1 amide bonds. The molecule has 2 unspecified atom stereocenters. The summed E-state index contributed by atoms with van der Waals surface area (Å²) in [5, 5.41) is 11.7. The van der Waals surface area contributed by atoms with Gasteiger partial charge in [0.05, 0.1) is 22.7 Å². The second-order valence-electron chi connectivity index (χ2n) is 7.79. The van der Waals surface area contributed by atoms with E-state index in [9.17, 15) is 31.6 Å². The van der Waals surface area contributed by atoms with Crippen LogP contribution in [0.25, 0.3) is 0 Å². The van der Waals surface area contributed by atoms with E-state index in [-0.39, 0.29) is 52.8 Å². The van der Waals surface area contributed by atoms with Gasteiger partial charge in [0.15, 0.2) is 6.61 Å². The molecule has 182 valence electrons. The molecule has 34 heavy (non-hydrogen) atoms. The van der Waals surface area contributed by atoms with Crippen molar-refractivity contribution in [3.63, 3.8) is 0 Å². The van der Waals surface area contributed by atoms with Gasteiger partial charge in [0.2, 0.25) is 10.0 Å². The van der Waals surface area contributed by atoms with Crippen LogP contribution in [0.15, 0.2) is 47.4 Å². The van der Waals surface area contributed by atoms with Gasteiger partial charge in [0, 0.05) is 24.3 Å². The summed E-state index contributed by atoms with van der Waals surface area (Å²) in [7, 11) is -3.87. The monoisotopic (exact) mass is 497 g/mol. The largest absolute Gasteiger partial charge is 0.483 e. The number of nitriles is 1. The number of hydrogen-bond acceptors (Lipinski definition) is 6. The van der Waals surface area contributed by atoms with Crippen LogP contribution in [-0.4, -0.2) is 56.7 Å². The Morgan fingerprint density at radius 1 is 1.21 bits per heavy atom. The van der Waals surface area contributed by atoms with Gasteiger partial charge < -0.3 is 14.8 Å². The number of ether oxygens (including phenoxy) is 2. The molecule has 0 bridgehead atoms. The zero-order chi connectivity index (χ0) is 25.1. The van der Waals surface area contributed by atoms with Crippen LogP contribution in [0.1, 0.15) is 29.8 Å². The van der Waals surface area contributed by atoms with Crippen LogP contribution in [0, 0.1) is 11.3 Å². The maximum absolute atomic E-state index is 13.1. The number of alkyl halides is 3. The van der Waals surface area contributed by atoms with Gasteiger partial charge in [0.25, 0.3) is 5.91 Å². The van der Waals surface area contributed by atoms with Crippen LogP contribution in [0.4, 0.5) is 18.9 Å². The highest BCUT2D eigenvalue weighted by Gasteiger charge is 2.32. The Labute approximate surface area is 194 Å². The lowest BCUT2D eigenvalue weighted by molar-refractivity contribution is -0.153. The van der Waals surface area contributed by atoms with E-state index in [0.717, 1.165) is 6.07 Å². The number of nitrogens with zero attached hydrogens (tertiary/aromatic N) is 2. The normalized spacial score (nSPS) is 19.3. The summed E-state index contributed by atoms with van der Waals surface area (Å²) < 4.78 is 74.8. The number of hydrogen-bond donors (Lipinski definition) is 1. The Bertz CT molecular complexity index is 1200. The average molecular weight is 497 g/mol. The number of anilines is 1. The molecule has 0 radical (unpaired) electrons. The van der Waals surface area contributed by atoms with Crippen LogP contribution >= 0.6 is 0 Å². The Morgan fingerprint density at radius 2 is 1.88 bits per heavy atom. The summed E-state index contributed by atoms with van der Waals surface area (Å²) >= 11 is 0. The lowest BCUT2D eigenvalue weighted by Gasteiger charge is -2.34. The number of carbonyl (C=O) groups excluding carboxylic acids is 1. The Balaban J connectivity index is 1.77. The molecule has 2 aromatic rings. The summed E-state index contributed by atoms with van der Waals surface area (Å²) in [4.78, 5) is 12.7. The predicted molar refractivity (Wildman–Crippen MR) is 116 cm³/mol. The molecule has 2 aromatic carbocycles. The first-order valence-corrected chi connectivity index (χ1v) is 11.6. The lowest BCUT2D eigenvalue weighted by Crippen LogP contribution is -2.48. The Kier molecular flexibility index (Phi) is 7.50. The van der Waals surface area contributed by atoms with Gasteiger partial charge in [-0.05, 0) is 50.2 Å². The summed E-state index contributed by atoms with van der Waals surface area (Å²) in [5.41, 5.74) is -0.0229. The fourth-order valence-electron chi connectivity index (χ4n) is 3.46. The smallest absolute Gasteiger partial charge is 0.422 e. The molecular formula is C22H22F3N3O5S. The third-order valence-electron chi connectivity index (χ3n) is 4.87. The summed E-state index contributed by atoms with van der Waals surface area (Å²) in [6.45, 7) is 2.36. The van der Waals surface area contributed by atoms with Crippen molar-refractivity contribution in [1.82, 2.24) is 4.31 Å². The molecule has 1 saturated heterocycles. The molecule has 1 heterocycles. The van der Waals surface area contributed by atoms with Gasteiger partial charge in [-0.25, -0.2) is 8.42 Å². The molecule has 1 N–H and O–H groups in total. The van der Waals surface area contributed by atoms with E-state index in [2.05, 4.69) is 10.1 Å². The number of morpholine rings is 1. The molecule has 12 heteroatoms. The molecule has 0 aromatic heterocycles. The van der Waals surface area contributed by atoms with Crippen LogP contribution in [0.2, 0.25) is 0 Å². The molecule has 1 fully saturated rings.